The Balaban J connectivity index is 0.00000220. The molecule has 1 saturated heterocycles. The molecule has 1 unspecified atom stereocenters. The summed E-state index contributed by atoms with van der Waals surface area (Å²) in [5, 5.41) is 3.47. The predicted octanol–water partition coefficient (Wildman–Crippen LogP) is 2.46. The van der Waals surface area contributed by atoms with Crippen LogP contribution in [0, 0.1) is 6.92 Å². The summed E-state index contributed by atoms with van der Waals surface area (Å²) in [4.78, 5) is 22.5. The summed E-state index contributed by atoms with van der Waals surface area (Å²) < 4.78 is 0. The minimum absolute atomic E-state index is 0. The highest BCUT2D eigenvalue weighted by Gasteiger charge is 2.18. The average Bonchev–Trinajstić information content (AvgIpc) is 2.45. The monoisotopic (exact) mass is 348 g/mol. The van der Waals surface area contributed by atoms with Gasteiger partial charge >= 0.3 is 0 Å². The number of hydrogen-bond acceptors (Lipinski definition) is 4. The number of carbonyl (C=O) groups is 1. The Kier molecular flexibility index (Phi) is 9.56. The predicted molar refractivity (Wildman–Crippen MR) is 92.9 cm³/mol. The average molecular weight is 349 g/mol. The van der Waals surface area contributed by atoms with E-state index in [-0.39, 0.29) is 36.8 Å². The molecular weight excluding hydrogens is 323 g/mol. The molecule has 0 aliphatic carbocycles. The summed E-state index contributed by atoms with van der Waals surface area (Å²) in [6, 6.07) is 2.25. The molecule has 1 atom stereocenters. The number of aromatic nitrogens is 2. The molecule has 1 fully saturated rings. The van der Waals surface area contributed by atoms with Gasteiger partial charge in [-0.2, -0.15) is 0 Å². The van der Waals surface area contributed by atoms with Crippen molar-refractivity contribution in [3.8, 4) is 0 Å². The van der Waals surface area contributed by atoms with Crippen LogP contribution in [0.25, 0.3) is 0 Å². The summed E-state index contributed by atoms with van der Waals surface area (Å²) in [7, 11) is 3.57. The zero-order valence-corrected chi connectivity index (χ0v) is 15.1. The van der Waals surface area contributed by atoms with E-state index in [9.17, 15) is 4.79 Å². The first-order valence-corrected chi connectivity index (χ1v) is 7.34. The Morgan fingerprint density at radius 1 is 1.32 bits per heavy atom. The van der Waals surface area contributed by atoms with Crippen LogP contribution in [0.2, 0.25) is 0 Å². The number of rotatable bonds is 4. The molecule has 1 amide bonds. The second kappa shape index (κ2) is 9.98. The maximum Gasteiger partial charge on any atom is 0.222 e. The molecule has 0 radical (unpaired) electrons. The fourth-order valence-corrected chi connectivity index (χ4v) is 2.47. The van der Waals surface area contributed by atoms with Gasteiger partial charge in [-0.05, 0) is 38.8 Å². The lowest BCUT2D eigenvalue weighted by Gasteiger charge is -2.22. The fourth-order valence-electron chi connectivity index (χ4n) is 2.47. The maximum absolute atomic E-state index is 11.7. The highest BCUT2D eigenvalue weighted by atomic mass is 35.5. The molecule has 7 heteroatoms. The van der Waals surface area contributed by atoms with Crippen LogP contribution in [0.1, 0.15) is 48.9 Å². The van der Waals surface area contributed by atoms with E-state index in [0.29, 0.717) is 12.8 Å². The first kappa shape index (κ1) is 21.1. The molecule has 0 saturated carbocycles. The molecule has 0 aromatic carbocycles. The smallest absolute Gasteiger partial charge is 0.222 e. The van der Waals surface area contributed by atoms with Crippen LogP contribution >= 0.6 is 24.8 Å². The van der Waals surface area contributed by atoms with E-state index in [1.807, 2.05) is 13.0 Å². The summed E-state index contributed by atoms with van der Waals surface area (Å²) in [6.45, 7) is 3.03. The van der Waals surface area contributed by atoms with Crippen molar-refractivity contribution in [2.24, 2.45) is 0 Å². The van der Waals surface area contributed by atoms with Gasteiger partial charge in [0.1, 0.15) is 5.82 Å². The lowest BCUT2D eigenvalue weighted by atomic mass is 10.0. The fraction of sp³-hybridized carbons (Fsp3) is 0.667. The minimum Gasteiger partial charge on any atom is -0.349 e. The number of piperidine rings is 1. The van der Waals surface area contributed by atoms with Gasteiger partial charge in [0.05, 0.1) is 6.04 Å². The van der Waals surface area contributed by atoms with E-state index in [4.69, 9.17) is 0 Å². The Morgan fingerprint density at radius 2 is 2.05 bits per heavy atom. The van der Waals surface area contributed by atoms with E-state index < -0.39 is 0 Å². The van der Waals surface area contributed by atoms with Crippen molar-refractivity contribution < 1.29 is 4.79 Å². The molecular formula is C15H26Cl2N4O. The third-order valence-electron chi connectivity index (χ3n) is 3.64. The molecule has 22 heavy (non-hydrogen) atoms. The van der Waals surface area contributed by atoms with Crippen molar-refractivity contribution in [2.75, 3.05) is 20.6 Å². The first-order valence-electron chi connectivity index (χ1n) is 7.34. The molecule has 1 aliphatic rings. The summed E-state index contributed by atoms with van der Waals surface area (Å²) >= 11 is 0. The van der Waals surface area contributed by atoms with Gasteiger partial charge in [0.2, 0.25) is 5.91 Å². The Bertz CT molecular complexity index is 477. The topological polar surface area (TPSA) is 58.1 Å². The lowest BCUT2D eigenvalue weighted by Crippen LogP contribution is -2.29. The molecule has 0 spiro atoms. The molecule has 126 valence electrons. The highest BCUT2D eigenvalue weighted by Crippen LogP contribution is 2.20. The quantitative estimate of drug-likeness (QED) is 0.907. The van der Waals surface area contributed by atoms with Crippen molar-refractivity contribution in [2.45, 2.75) is 45.1 Å². The highest BCUT2D eigenvalue weighted by molar-refractivity contribution is 5.85. The van der Waals surface area contributed by atoms with Crippen LogP contribution in [-0.2, 0) is 11.2 Å². The van der Waals surface area contributed by atoms with Crippen molar-refractivity contribution in [3.05, 3.63) is 23.3 Å². The number of carbonyl (C=O) groups excluding carboxylic acids is 1. The van der Waals surface area contributed by atoms with Gasteiger partial charge in [0, 0.05) is 31.9 Å². The van der Waals surface area contributed by atoms with Gasteiger partial charge in [-0.3, -0.25) is 4.79 Å². The van der Waals surface area contributed by atoms with Crippen LogP contribution in [-0.4, -0.2) is 41.4 Å². The first-order chi connectivity index (χ1) is 9.56. The lowest BCUT2D eigenvalue weighted by molar-refractivity contribution is -0.128. The van der Waals surface area contributed by atoms with Crippen LogP contribution in [0.15, 0.2) is 6.07 Å². The third-order valence-corrected chi connectivity index (χ3v) is 3.64. The van der Waals surface area contributed by atoms with E-state index in [0.717, 1.165) is 30.2 Å². The molecule has 2 heterocycles. The number of nitrogens with one attached hydrogen (secondary N) is 1. The van der Waals surface area contributed by atoms with Crippen LogP contribution in [0.3, 0.4) is 0 Å². The summed E-state index contributed by atoms with van der Waals surface area (Å²) in [5.41, 5.74) is 1.95. The normalized spacial score (nSPS) is 17.1. The molecule has 5 nitrogen and oxygen atoms in total. The largest absolute Gasteiger partial charge is 0.349 e. The van der Waals surface area contributed by atoms with Gasteiger partial charge < -0.3 is 10.2 Å². The summed E-state index contributed by atoms with van der Waals surface area (Å²) in [5.74, 6) is 1.02. The Hall–Kier alpha value is -0.910. The zero-order chi connectivity index (χ0) is 14.5. The number of halogens is 2. The van der Waals surface area contributed by atoms with Gasteiger partial charge in [0.25, 0.3) is 0 Å². The summed E-state index contributed by atoms with van der Waals surface area (Å²) in [6.07, 6.45) is 4.73. The second-order valence-corrected chi connectivity index (χ2v) is 5.65. The van der Waals surface area contributed by atoms with Crippen LogP contribution in [0.5, 0.6) is 0 Å². The van der Waals surface area contributed by atoms with E-state index in [1.54, 1.807) is 19.0 Å². The molecule has 1 aromatic rings. The number of aryl methyl sites for hydroxylation is 2. The van der Waals surface area contributed by atoms with E-state index >= 15 is 0 Å². The van der Waals surface area contributed by atoms with Crippen molar-refractivity contribution >= 4 is 30.7 Å². The Labute approximate surface area is 145 Å². The van der Waals surface area contributed by atoms with Crippen LogP contribution in [0.4, 0.5) is 0 Å². The second-order valence-electron chi connectivity index (χ2n) is 5.65. The standard InChI is InChI=1S/C15H24N4O.2ClH/c1-11-10-12(7-8-14(20)19(2)3)18-15(17-11)13-6-4-5-9-16-13;;/h10,13,16H,4-9H2,1-3H3;2*1H. The molecule has 1 aliphatic heterocycles. The third kappa shape index (κ3) is 6.07. The molecule has 2 rings (SSSR count). The van der Waals surface area contributed by atoms with Gasteiger partial charge in [-0.15, -0.1) is 24.8 Å². The number of nitrogens with zero attached hydrogens (tertiary/aromatic N) is 3. The van der Waals surface area contributed by atoms with Crippen molar-refractivity contribution in [3.63, 3.8) is 0 Å². The van der Waals surface area contributed by atoms with Crippen molar-refractivity contribution in [1.82, 2.24) is 20.2 Å². The minimum atomic E-state index is 0. The van der Waals surface area contributed by atoms with Gasteiger partial charge in [0.15, 0.2) is 0 Å². The number of amides is 1. The Morgan fingerprint density at radius 3 is 2.64 bits per heavy atom. The zero-order valence-electron chi connectivity index (χ0n) is 13.5. The maximum atomic E-state index is 11.7. The van der Waals surface area contributed by atoms with E-state index in [1.165, 1.54) is 12.8 Å². The molecule has 1 N–H and O–H groups in total. The van der Waals surface area contributed by atoms with Gasteiger partial charge in [-0.1, -0.05) is 6.42 Å². The number of hydrogen-bond donors (Lipinski definition) is 1. The van der Waals surface area contributed by atoms with E-state index in [2.05, 4.69) is 15.3 Å². The molecule has 0 bridgehead atoms. The molecule has 1 aromatic heterocycles. The van der Waals surface area contributed by atoms with Crippen LogP contribution < -0.4 is 5.32 Å². The van der Waals surface area contributed by atoms with Gasteiger partial charge in [-0.25, -0.2) is 9.97 Å². The SMILES string of the molecule is Cc1cc(CCC(=O)N(C)C)nc(C2CCCCN2)n1.Cl.Cl. The van der Waals surface area contributed by atoms with Crippen molar-refractivity contribution in [1.29, 1.82) is 0 Å².